The molecule has 0 saturated carbocycles. The molecule has 4 heteroatoms. The van der Waals surface area contributed by atoms with E-state index >= 15 is 0 Å². The van der Waals surface area contributed by atoms with Gasteiger partial charge in [0.25, 0.3) is 0 Å². The predicted molar refractivity (Wildman–Crippen MR) is 127 cm³/mol. The Balaban J connectivity index is 1.04. The van der Waals surface area contributed by atoms with Gasteiger partial charge in [-0.3, -0.25) is 4.79 Å². The summed E-state index contributed by atoms with van der Waals surface area (Å²) in [7, 11) is 0. The third-order valence-corrected chi connectivity index (χ3v) is 6.69. The third-order valence-electron chi connectivity index (χ3n) is 6.69. The van der Waals surface area contributed by atoms with Crippen LogP contribution in [-0.4, -0.2) is 37.0 Å². The maximum atomic E-state index is 11.5. The number of amides is 1. The zero-order valence-corrected chi connectivity index (χ0v) is 18.7. The number of anilines is 1. The maximum absolute atomic E-state index is 11.5. The number of nitrogens with one attached hydrogen (secondary N) is 1. The predicted octanol–water partition coefficient (Wildman–Crippen LogP) is 5.47. The van der Waals surface area contributed by atoms with Crippen LogP contribution >= 0.6 is 0 Å². The lowest BCUT2D eigenvalue weighted by atomic mass is 9.90. The molecule has 2 aliphatic heterocycles. The highest BCUT2D eigenvalue weighted by atomic mass is 16.5. The van der Waals surface area contributed by atoms with E-state index in [0.717, 1.165) is 36.8 Å². The Morgan fingerprint density at radius 1 is 0.935 bits per heavy atom. The SMILES string of the molecule is O=C1CCc2ccc(OCCCCCCN3CCC(Cc4ccccc4)CC3)cc2N1. The molecule has 2 heterocycles. The summed E-state index contributed by atoms with van der Waals surface area (Å²) in [6, 6.07) is 17.0. The first-order chi connectivity index (χ1) is 15.3. The van der Waals surface area contributed by atoms with E-state index in [-0.39, 0.29) is 5.91 Å². The molecule has 2 aromatic carbocycles. The summed E-state index contributed by atoms with van der Waals surface area (Å²) < 4.78 is 5.90. The van der Waals surface area contributed by atoms with Gasteiger partial charge in [-0.25, -0.2) is 0 Å². The molecule has 0 aliphatic carbocycles. The van der Waals surface area contributed by atoms with Gasteiger partial charge >= 0.3 is 0 Å². The van der Waals surface area contributed by atoms with Gasteiger partial charge in [0.05, 0.1) is 6.61 Å². The molecule has 4 rings (SSSR count). The summed E-state index contributed by atoms with van der Waals surface area (Å²) >= 11 is 0. The monoisotopic (exact) mass is 420 g/mol. The van der Waals surface area contributed by atoms with Gasteiger partial charge in [0.2, 0.25) is 5.91 Å². The molecule has 166 valence electrons. The summed E-state index contributed by atoms with van der Waals surface area (Å²) in [6.45, 7) is 4.51. The van der Waals surface area contributed by atoms with Crippen LogP contribution in [0.3, 0.4) is 0 Å². The molecule has 0 radical (unpaired) electrons. The van der Waals surface area contributed by atoms with Crippen molar-refractivity contribution in [2.45, 2.75) is 57.8 Å². The van der Waals surface area contributed by atoms with Crippen molar-refractivity contribution >= 4 is 11.6 Å². The molecule has 0 unspecified atom stereocenters. The van der Waals surface area contributed by atoms with Crippen molar-refractivity contribution in [2.24, 2.45) is 5.92 Å². The van der Waals surface area contributed by atoms with E-state index in [1.807, 2.05) is 12.1 Å². The molecule has 1 fully saturated rings. The first-order valence-electron chi connectivity index (χ1n) is 12.1. The minimum absolute atomic E-state index is 0.102. The lowest BCUT2D eigenvalue weighted by Gasteiger charge is -2.32. The lowest BCUT2D eigenvalue weighted by molar-refractivity contribution is -0.116. The summed E-state index contributed by atoms with van der Waals surface area (Å²) in [4.78, 5) is 14.2. The normalized spacial score (nSPS) is 17.2. The highest BCUT2D eigenvalue weighted by Gasteiger charge is 2.19. The molecule has 1 amide bonds. The van der Waals surface area contributed by atoms with E-state index in [1.165, 1.54) is 69.3 Å². The number of nitrogens with zero attached hydrogens (tertiary/aromatic N) is 1. The van der Waals surface area contributed by atoms with Crippen molar-refractivity contribution in [1.29, 1.82) is 0 Å². The maximum Gasteiger partial charge on any atom is 0.224 e. The Morgan fingerprint density at radius 2 is 1.74 bits per heavy atom. The molecule has 2 aliphatic rings. The summed E-state index contributed by atoms with van der Waals surface area (Å²) in [5.74, 6) is 1.82. The van der Waals surface area contributed by atoms with E-state index in [2.05, 4.69) is 46.6 Å². The van der Waals surface area contributed by atoms with Crippen LogP contribution in [0.2, 0.25) is 0 Å². The van der Waals surface area contributed by atoms with Crippen LogP contribution in [0, 0.1) is 5.92 Å². The standard InChI is InChI=1S/C27H36N2O2/c30-27-13-11-24-10-12-25(21-26(24)28-27)31-19-7-2-1-6-16-29-17-14-23(15-18-29)20-22-8-4-3-5-9-22/h3-5,8-10,12,21,23H,1-2,6-7,11,13-20H2,(H,28,30). The Morgan fingerprint density at radius 3 is 2.58 bits per heavy atom. The minimum atomic E-state index is 0.102. The van der Waals surface area contributed by atoms with Crippen LogP contribution < -0.4 is 10.1 Å². The van der Waals surface area contributed by atoms with Gasteiger partial charge in [-0.15, -0.1) is 0 Å². The van der Waals surface area contributed by atoms with Crippen molar-refractivity contribution < 1.29 is 9.53 Å². The number of hydrogen-bond acceptors (Lipinski definition) is 3. The highest BCUT2D eigenvalue weighted by Crippen LogP contribution is 2.27. The smallest absolute Gasteiger partial charge is 0.224 e. The van der Waals surface area contributed by atoms with Crippen LogP contribution in [0.5, 0.6) is 5.75 Å². The average molecular weight is 421 g/mol. The summed E-state index contributed by atoms with van der Waals surface area (Å²) in [6.07, 6.45) is 10.2. The van der Waals surface area contributed by atoms with Gasteiger partial charge in [0.15, 0.2) is 0 Å². The number of benzene rings is 2. The van der Waals surface area contributed by atoms with Crippen molar-refractivity contribution in [1.82, 2.24) is 4.90 Å². The molecule has 4 nitrogen and oxygen atoms in total. The van der Waals surface area contributed by atoms with Crippen LogP contribution in [0.15, 0.2) is 48.5 Å². The molecular formula is C27H36N2O2. The number of hydrogen-bond donors (Lipinski definition) is 1. The molecule has 0 atom stereocenters. The minimum Gasteiger partial charge on any atom is -0.494 e. The number of ether oxygens (including phenoxy) is 1. The topological polar surface area (TPSA) is 41.6 Å². The number of carbonyl (C=O) groups is 1. The molecular weight excluding hydrogens is 384 g/mol. The Hall–Kier alpha value is -2.33. The van der Waals surface area contributed by atoms with E-state index in [0.29, 0.717) is 6.42 Å². The number of piperidine rings is 1. The molecule has 0 bridgehead atoms. The number of rotatable bonds is 10. The number of aryl methyl sites for hydroxylation is 1. The Kier molecular flexibility index (Phi) is 8.00. The quantitative estimate of drug-likeness (QED) is 0.519. The fourth-order valence-corrected chi connectivity index (χ4v) is 4.78. The lowest BCUT2D eigenvalue weighted by Crippen LogP contribution is -2.35. The van der Waals surface area contributed by atoms with Gasteiger partial charge in [-0.1, -0.05) is 49.2 Å². The van der Waals surface area contributed by atoms with E-state index < -0.39 is 0 Å². The van der Waals surface area contributed by atoms with Gasteiger partial charge < -0.3 is 15.0 Å². The fraction of sp³-hybridized carbons (Fsp3) is 0.519. The Bertz CT molecular complexity index is 828. The van der Waals surface area contributed by atoms with Crippen molar-refractivity contribution in [2.75, 3.05) is 31.6 Å². The molecule has 1 saturated heterocycles. The zero-order valence-electron chi connectivity index (χ0n) is 18.7. The fourth-order valence-electron chi connectivity index (χ4n) is 4.78. The summed E-state index contributed by atoms with van der Waals surface area (Å²) in [5.41, 5.74) is 3.61. The number of fused-ring (bicyclic) bond motifs is 1. The van der Waals surface area contributed by atoms with E-state index in [9.17, 15) is 4.79 Å². The van der Waals surface area contributed by atoms with E-state index in [1.54, 1.807) is 0 Å². The van der Waals surface area contributed by atoms with E-state index in [4.69, 9.17) is 4.74 Å². The number of unbranched alkanes of at least 4 members (excludes halogenated alkanes) is 3. The van der Waals surface area contributed by atoms with Gasteiger partial charge in [-0.05, 0) is 81.3 Å². The second kappa shape index (κ2) is 11.3. The van der Waals surface area contributed by atoms with Gasteiger partial charge in [0.1, 0.15) is 5.75 Å². The molecule has 31 heavy (non-hydrogen) atoms. The number of carbonyl (C=O) groups excluding carboxylic acids is 1. The molecule has 1 N–H and O–H groups in total. The Labute approximate surface area is 187 Å². The zero-order chi connectivity index (χ0) is 21.3. The molecule has 2 aromatic rings. The first kappa shape index (κ1) is 21.9. The first-order valence-corrected chi connectivity index (χ1v) is 12.1. The second-order valence-electron chi connectivity index (χ2n) is 9.10. The average Bonchev–Trinajstić information content (AvgIpc) is 2.80. The van der Waals surface area contributed by atoms with Crippen LogP contribution in [0.4, 0.5) is 5.69 Å². The molecule has 0 aromatic heterocycles. The van der Waals surface area contributed by atoms with Crippen molar-refractivity contribution in [3.63, 3.8) is 0 Å². The third kappa shape index (κ3) is 6.83. The highest BCUT2D eigenvalue weighted by molar-refractivity contribution is 5.94. The van der Waals surface area contributed by atoms with Crippen molar-refractivity contribution in [3.8, 4) is 5.75 Å². The van der Waals surface area contributed by atoms with Gasteiger partial charge in [0, 0.05) is 18.2 Å². The number of likely N-dealkylation sites (tertiary alicyclic amines) is 1. The van der Waals surface area contributed by atoms with Gasteiger partial charge in [-0.2, -0.15) is 0 Å². The summed E-state index contributed by atoms with van der Waals surface area (Å²) in [5, 5.41) is 2.94. The van der Waals surface area contributed by atoms with Crippen LogP contribution in [0.1, 0.15) is 56.1 Å². The molecule has 0 spiro atoms. The van der Waals surface area contributed by atoms with Crippen LogP contribution in [0.25, 0.3) is 0 Å². The second-order valence-corrected chi connectivity index (χ2v) is 9.10. The van der Waals surface area contributed by atoms with Crippen LogP contribution in [-0.2, 0) is 17.6 Å². The van der Waals surface area contributed by atoms with Crippen molar-refractivity contribution in [3.05, 3.63) is 59.7 Å². The largest absolute Gasteiger partial charge is 0.494 e.